The normalized spacial score (nSPS) is 16.5. The zero-order valence-corrected chi connectivity index (χ0v) is 20.2. The number of piperazine rings is 1. The number of nitrogens with zero attached hydrogens (tertiary/aromatic N) is 6. The third-order valence-electron chi connectivity index (χ3n) is 6.40. The maximum atomic E-state index is 13.0. The lowest BCUT2D eigenvalue weighted by atomic mass is 9.97. The molecular weight excluding hydrogens is 460 g/mol. The maximum Gasteiger partial charge on any atom is 0.298 e. The van der Waals surface area contributed by atoms with Crippen LogP contribution >= 0.6 is 11.3 Å². The van der Waals surface area contributed by atoms with Gasteiger partial charge in [0.1, 0.15) is 11.5 Å². The Labute approximate surface area is 208 Å². The fraction of sp³-hybridized carbons (Fsp3) is 0.346. The zero-order chi connectivity index (χ0) is 24.0. The van der Waals surface area contributed by atoms with Gasteiger partial charge in [-0.1, -0.05) is 24.1 Å². The van der Waals surface area contributed by atoms with E-state index in [2.05, 4.69) is 26.7 Å². The van der Waals surface area contributed by atoms with Crippen molar-refractivity contribution in [2.45, 2.75) is 18.8 Å². The average Bonchev–Trinajstić information content (AvgIpc) is 3.43. The molecule has 9 heteroatoms. The van der Waals surface area contributed by atoms with Gasteiger partial charge in [0, 0.05) is 74.4 Å². The minimum atomic E-state index is -0.136. The van der Waals surface area contributed by atoms with Gasteiger partial charge in [-0.3, -0.25) is 14.6 Å². The van der Waals surface area contributed by atoms with Gasteiger partial charge in [-0.25, -0.2) is 9.97 Å². The molecule has 0 radical (unpaired) electrons. The summed E-state index contributed by atoms with van der Waals surface area (Å²) >= 11 is 1.54. The van der Waals surface area contributed by atoms with Gasteiger partial charge in [-0.2, -0.15) is 0 Å². The van der Waals surface area contributed by atoms with Crippen LogP contribution in [0.4, 0.5) is 5.82 Å². The highest BCUT2D eigenvalue weighted by Gasteiger charge is 2.28. The SMILES string of the molecule is O=C(C#Cc1ccccc1)N1CCC(c2nc(C(=O)N3CCN(c4cnccn4)CC3)cs2)CC1. The van der Waals surface area contributed by atoms with E-state index < -0.39 is 0 Å². The highest BCUT2D eigenvalue weighted by molar-refractivity contribution is 7.09. The van der Waals surface area contributed by atoms with Crippen molar-refractivity contribution in [1.82, 2.24) is 24.8 Å². The monoisotopic (exact) mass is 486 g/mol. The molecule has 0 bridgehead atoms. The Hall–Kier alpha value is -3.77. The Balaban J connectivity index is 1.12. The van der Waals surface area contributed by atoms with Gasteiger partial charge < -0.3 is 14.7 Å². The molecule has 1 aromatic carbocycles. The van der Waals surface area contributed by atoms with E-state index in [1.165, 1.54) is 0 Å². The molecule has 0 N–H and O–H groups in total. The number of hydrogen-bond acceptors (Lipinski definition) is 7. The Kier molecular flexibility index (Phi) is 7.00. The highest BCUT2D eigenvalue weighted by atomic mass is 32.1. The number of rotatable bonds is 3. The molecule has 0 aliphatic carbocycles. The molecule has 0 saturated carbocycles. The summed E-state index contributed by atoms with van der Waals surface area (Å²) in [5, 5.41) is 2.85. The van der Waals surface area contributed by atoms with Crippen molar-refractivity contribution in [3.05, 3.63) is 70.6 Å². The maximum absolute atomic E-state index is 13.0. The second-order valence-electron chi connectivity index (χ2n) is 8.60. The van der Waals surface area contributed by atoms with Crippen LogP contribution in [0.25, 0.3) is 0 Å². The summed E-state index contributed by atoms with van der Waals surface area (Å²) in [7, 11) is 0. The first-order valence-corrected chi connectivity index (χ1v) is 12.7. The largest absolute Gasteiger partial charge is 0.352 e. The molecule has 3 aromatic rings. The fourth-order valence-corrected chi connectivity index (χ4v) is 5.35. The van der Waals surface area contributed by atoms with Crippen LogP contribution in [0.2, 0.25) is 0 Å². The molecule has 0 unspecified atom stereocenters. The van der Waals surface area contributed by atoms with Gasteiger partial charge in [-0.05, 0) is 25.0 Å². The molecule has 4 heterocycles. The van der Waals surface area contributed by atoms with E-state index in [0.717, 1.165) is 42.3 Å². The number of aromatic nitrogens is 3. The summed E-state index contributed by atoms with van der Waals surface area (Å²) < 4.78 is 0. The molecule has 2 fully saturated rings. The zero-order valence-electron chi connectivity index (χ0n) is 19.3. The Morgan fingerprint density at radius 3 is 2.43 bits per heavy atom. The van der Waals surface area contributed by atoms with Crippen molar-refractivity contribution in [3.8, 4) is 11.8 Å². The van der Waals surface area contributed by atoms with E-state index in [1.54, 1.807) is 29.9 Å². The van der Waals surface area contributed by atoms with Crippen LogP contribution in [0, 0.1) is 11.8 Å². The smallest absolute Gasteiger partial charge is 0.298 e. The quantitative estimate of drug-likeness (QED) is 0.530. The van der Waals surface area contributed by atoms with Gasteiger partial charge >= 0.3 is 0 Å². The lowest BCUT2D eigenvalue weighted by molar-refractivity contribution is -0.126. The average molecular weight is 487 g/mol. The summed E-state index contributed by atoms with van der Waals surface area (Å²) in [6.07, 6.45) is 6.75. The van der Waals surface area contributed by atoms with E-state index >= 15 is 0 Å². The predicted molar refractivity (Wildman–Crippen MR) is 134 cm³/mol. The van der Waals surface area contributed by atoms with Gasteiger partial charge in [0.15, 0.2) is 0 Å². The molecule has 2 saturated heterocycles. The second kappa shape index (κ2) is 10.7. The number of hydrogen-bond donors (Lipinski definition) is 0. The molecule has 0 spiro atoms. The number of anilines is 1. The van der Waals surface area contributed by atoms with Gasteiger partial charge in [-0.15, -0.1) is 11.3 Å². The van der Waals surface area contributed by atoms with Crippen LogP contribution in [-0.2, 0) is 4.79 Å². The molecule has 178 valence electrons. The van der Waals surface area contributed by atoms with Crippen molar-refractivity contribution in [3.63, 3.8) is 0 Å². The molecule has 8 nitrogen and oxygen atoms in total. The van der Waals surface area contributed by atoms with Gasteiger partial charge in [0.25, 0.3) is 11.8 Å². The van der Waals surface area contributed by atoms with Crippen LogP contribution < -0.4 is 4.90 Å². The molecule has 2 aromatic heterocycles. The fourth-order valence-electron chi connectivity index (χ4n) is 4.38. The lowest BCUT2D eigenvalue weighted by Gasteiger charge is -2.34. The van der Waals surface area contributed by atoms with Crippen LogP contribution in [0.5, 0.6) is 0 Å². The van der Waals surface area contributed by atoms with E-state index in [0.29, 0.717) is 31.9 Å². The molecule has 2 aliphatic rings. The van der Waals surface area contributed by atoms with Crippen molar-refractivity contribution >= 4 is 29.0 Å². The van der Waals surface area contributed by atoms with E-state index in [4.69, 9.17) is 4.98 Å². The summed E-state index contributed by atoms with van der Waals surface area (Å²) in [4.78, 5) is 44.5. The topological polar surface area (TPSA) is 82.5 Å². The molecule has 2 aliphatic heterocycles. The van der Waals surface area contributed by atoms with Crippen molar-refractivity contribution in [1.29, 1.82) is 0 Å². The van der Waals surface area contributed by atoms with E-state index in [-0.39, 0.29) is 17.7 Å². The number of likely N-dealkylation sites (tertiary alicyclic amines) is 1. The number of thiazole rings is 1. The second-order valence-corrected chi connectivity index (χ2v) is 9.49. The minimum absolute atomic E-state index is 0.0184. The Bertz CT molecular complexity index is 1220. The van der Waals surface area contributed by atoms with Crippen molar-refractivity contribution in [2.24, 2.45) is 0 Å². The first-order chi connectivity index (χ1) is 17.2. The van der Waals surface area contributed by atoms with Gasteiger partial charge in [0.05, 0.1) is 11.2 Å². The first kappa shape index (κ1) is 23.0. The molecule has 0 atom stereocenters. The van der Waals surface area contributed by atoms with Crippen LogP contribution in [0.3, 0.4) is 0 Å². The molecule has 35 heavy (non-hydrogen) atoms. The van der Waals surface area contributed by atoms with Crippen molar-refractivity contribution in [2.75, 3.05) is 44.2 Å². The molecule has 5 rings (SSSR count). The van der Waals surface area contributed by atoms with Crippen LogP contribution in [-0.4, -0.2) is 75.8 Å². The Morgan fingerprint density at radius 2 is 1.71 bits per heavy atom. The van der Waals surface area contributed by atoms with Gasteiger partial charge in [0.2, 0.25) is 0 Å². The van der Waals surface area contributed by atoms with Crippen molar-refractivity contribution < 1.29 is 9.59 Å². The summed E-state index contributed by atoms with van der Waals surface area (Å²) in [6.45, 7) is 4.02. The van der Waals surface area contributed by atoms with E-state index in [9.17, 15) is 9.59 Å². The highest BCUT2D eigenvalue weighted by Crippen LogP contribution is 2.30. The standard InChI is InChI=1S/C26H26N6O2S/c33-24(7-6-20-4-2-1-3-5-20)31-12-8-21(9-13-31)25-29-22(19-35-25)26(34)32-16-14-30(15-17-32)23-18-27-10-11-28-23/h1-5,10-11,18-19,21H,8-9,12-17H2. The summed E-state index contributed by atoms with van der Waals surface area (Å²) in [6, 6.07) is 9.54. The first-order valence-electron chi connectivity index (χ1n) is 11.8. The Morgan fingerprint density at radius 1 is 0.943 bits per heavy atom. The third kappa shape index (κ3) is 5.49. The number of carbonyl (C=O) groups is 2. The minimum Gasteiger partial charge on any atom is -0.352 e. The number of amides is 2. The molecular formula is C26H26N6O2S. The molecule has 2 amide bonds. The third-order valence-corrected chi connectivity index (χ3v) is 7.41. The number of carbonyl (C=O) groups excluding carboxylic acids is 2. The predicted octanol–water partition coefficient (Wildman–Crippen LogP) is 2.65. The summed E-state index contributed by atoms with van der Waals surface area (Å²) in [5.74, 6) is 6.65. The van der Waals surface area contributed by atoms with Crippen LogP contribution in [0.1, 0.15) is 39.8 Å². The summed E-state index contributed by atoms with van der Waals surface area (Å²) in [5.41, 5.74) is 1.36. The lowest BCUT2D eigenvalue weighted by Crippen LogP contribution is -2.49. The number of benzene rings is 1. The number of piperidine rings is 1. The van der Waals surface area contributed by atoms with E-state index in [1.807, 2.05) is 45.5 Å². The van der Waals surface area contributed by atoms with Crippen LogP contribution in [0.15, 0.2) is 54.3 Å².